The Labute approximate surface area is 268 Å². The van der Waals surface area contributed by atoms with Crippen molar-refractivity contribution in [1.29, 1.82) is 0 Å². The summed E-state index contributed by atoms with van der Waals surface area (Å²) < 4.78 is 1.09. The van der Waals surface area contributed by atoms with Crippen LogP contribution in [0.4, 0.5) is 0 Å². The third-order valence-electron chi connectivity index (χ3n) is 9.57. The van der Waals surface area contributed by atoms with Crippen molar-refractivity contribution in [3.8, 4) is 0 Å². The first-order chi connectivity index (χ1) is 19.9. The molecule has 7 atom stereocenters. The molecular formula is C39H49IS. The Balaban J connectivity index is 1.50. The monoisotopic (exact) mass is 676 g/mol. The van der Waals surface area contributed by atoms with Crippen LogP contribution in [0.3, 0.4) is 0 Å². The van der Waals surface area contributed by atoms with Crippen molar-refractivity contribution in [1.82, 2.24) is 0 Å². The van der Waals surface area contributed by atoms with Crippen LogP contribution in [0.2, 0.25) is 0 Å². The van der Waals surface area contributed by atoms with Crippen molar-refractivity contribution < 1.29 is 0 Å². The molecule has 0 fully saturated rings. The molecule has 0 radical (unpaired) electrons. The van der Waals surface area contributed by atoms with E-state index in [2.05, 4.69) is 168 Å². The molecule has 0 aromatic carbocycles. The van der Waals surface area contributed by atoms with E-state index in [9.17, 15) is 0 Å². The van der Waals surface area contributed by atoms with E-state index in [4.69, 9.17) is 0 Å². The molecule has 0 aromatic heterocycles. The number of halogens is 1. The average Bonchev–Trinajstić information content (AvgIpc) is 3.14. The van der Waals surface area contributed by atoms with Crippen LogP contribution in [0.1, 0.15) is 60.8 Å². The highest BCUT2D eigenvalue weighted by molar-refractivity contribution is 14.1. The average molecular weight is 677 g/mol. The zero-order chi connectivity index (χ0) is 29.5. The number of alkyl halides is 1. The second-order valence-corrected chi connectivity index (χ2v) is 14.0. The second-order valence-electron chi connectivity index (χ2n) is 12.0. The Hall–Kier alpha value is -1.78. The minimum atomic E-state index is 0.446. The van der Waals surface area contributed by atoms with Gasteiger partial charge in [0, 0.05) is 27.4 Å². The summed E-state index contributed by atoms with van der Waals surface area (Å²) >= 11 is 4.66. The van der Waals surface area contributed by atoms with Crippen LogP contribution in [-0.4, -0.2) is 9.68 Å². The quantitative estimate of drug-likeness (QED) is 0.133. The maximum atomic E-state index is 4.64. The van der Waals surface area contributed by atoms with E-state index in [0.717, 1.165) is 23.7 Å². The number of hydrogen-bond donors (Lipinski definition) is 0. The van der Waals surface area contributed by atoms with Crippen LogP contribution in [0.25, 0.3) is 0 Å². The maximum absolute atomic E-state index is 4.64. The lowest BCUT2D eigenvalue weighted by atomic mass is 9.65. The summed E-state index contributed by atoms with van der Waals surface area (Å²) in [6.45, 7) is 18.2. The number of hydrogen-bond acceptors (Lipinski definition) is 1. The Morgan fingerprint density at radius 1 is 1.07 bits per heavy atom. The first-order valence-electron chi connectivity index (χ1n) is 15.5. The van der Waals surface area contributed by atoms with E-state index in [-0.39, 0.29) is 0 Å². The van der Waals surface area contributed by atoms with Gasteiger partial charge in [0.1, 0.15) is 0 Å². The highest BCUT2D eigenvalue weighted by Gasteiger charge is 2.38. The van der Waals surface area contributed by atoms with Crippen LogP contribution in [-0.2, 0) is 0 Å². The van der Waals surface area contributed by atoms with Gasteiger partial charge in [-0.05, 0) is 98.8 Å². The minimum absolute atomic E-state index is 0.446. The van der Waals surface area contributed by atoms with Crippen molar-refractivity contribution in [2.75, 3.05) is 4.43 Å². The van der Waals surface area contributed by atoms with E-state index >= 15 is 0 Å². The molecule has 0 amide bonds. The van der Waals surface area contributed by atoms with E-state index in [0.29, 0.717) is 40.8 Å². The highest BCUT2D eigenvalue weighted by Crippen LogP contribution is 2.50. The van der Waals surface area contributed by atoms with E-state index in [1.54, 1.807) is 10.5 Å². The van der Waals surface area contributed by atoms with E-state index in [1.807, 2.05) is 0 Å². The summed E-state index contributed by atoms with van der Waals surface area (Å²) in [6.07, 6.45) is 36.3. The molecule has 3 aliphatic carbocycles. The Morgan fingerprint density at radius 2 is 1.80 bits per heavy atom. The fraction of sp³-hybridized carbons (Fsp3) is 0.436. The standard InChI is InChI=1S/C39H49IS/c1-8-15-32-27(5)28(6)33(35-21-13-11-12-20-34(32)35)23-22-26(4)30-18-14-19-31(24-30)29(7)39-37(17-10-3)36(16-9-2)38(25-40)41-39/h8-10,12-22,29-30,33-35,37,39H,6,11,23-25H2,1-5,7H3/b15-8-,16-9-,17-10-,26-22+/t29?,30?,33-,34?,35?,37?,39?/m0/s1. The van der Waals surface area contributed by atoms with Crippen molar-refractivity contribution in [3.05, 3.63) is 130 Å². The molecule has 4 rings (SSSR count). The number of allylic oxidation sites excluding steroid dienone is 21. The van der Waals surface area contributed by atoms with Crippen LogP contribution in [0.5, 0.6) is 0 Å². The molecular weight excluding hydrogens is 627 g/mol. The van der Waals surface area contributed by atoms with Crippen molar-refractivity contribution >= 4 is 34.4 Å². The molecule has 0 saturated heterocycles. The van der Waals surface area contributed by atoms with Gasteiger partial charge in [0.05, 0.1) is 0 Å². The van der Waals surface area contributed by atoms with Gasteiger partial charge in [-0.15, -0.1) is 11.8 Å². The molecule has 2 heteroatoms. The lowest BCUT2D eigenvalue weighted by Gasteiger charge is -2.38. The molecule has 0 bridgehead atoms. The Kier molecular flexibility index (Phi) is 11.8. The maximum Gasteiger partial charge on any atom is 0.0310 e. The van der Waals surface area contributed by atoms with Gasteiger partial charge >= 0.3 is 0 Å². The van der Waals surface area contributed by atoms with Gasteiger partial charge in [-0.1, -0.05) is 132 Å². The van der Waals surface area contributed by atoms with Gasteiger partial charge in [-0.3, -0.25) is 0 Å². The highest BCUT2D eigenvalue weighted by atomic mass is 127. The largest absolute Gasteiger partial charge is 0.124 e. The van der Waals surface area contributed by atoms with Gasteiger partial charge in [0.2, 0.25) is 0 Å². The number of thioether (sulfide) groups is 1. The van der Waals surface area contributed by atoms with E-state index in [1.165, 1.54) is 27.9 Å². The second kappa shape index (κ2) is 15.1. The van der Waals surface area contributed by atoms with E-state index < -0.39 is 0 Å². The first kappa shape index (κ1) is 32.1. The van der Waals surface area contributed by atoms with Gasteiger partial charge in [0.25, 0.3) is 0 Å². The molecule has 0 nitrogen and oxygen atoms in total. The molecule has 41 heavy (non-hydrogen) atoms. The zero-order valence-electron chi connectivity index (χ0n) is 25.9. The summed E-state index contributed by atoms with van der Waals surface area (Å²) in [4.78, 5) is 1.55. The third-order valence-corrected chi connectivity index (χ3v) is 12.5. The topological polar surface area (TPSA) is 0 Å². The SMILES string of the molecule is C=C1C(C)=C(/C=C\C)C2C=CCC=CC2[C@H]1C/C=C(\C)C1C=CC=C(C(C)C2SC(CI)=C(/C=C\C)C2/C=C\C)C1. The van der Waals surface area contributed by atoms with Gasteiger partial charge in [-0.25, -0.2) is 0 Å². The fourth-order valence-electron chi connectivity index (χ4n) is 7.17. The molecule has 0 saturated carbocycles. The lowest BCUT2D eigenvalue weighted by Crippen LogP contribution is -2.29. The van der Waals surface area contributed by atoms with Crippen LogP contribution < -0.4 is 0 Å². The van der Waals surface area contributed by atoms with Crippen LogP contribution >= 0.6 is 34.4 Å². The summed E-state index contributed by atoms with van der Waals surface area (Å²) in [5, 5.41) is 0.559. The first-order valence-corrected chi connectivity index (χ1v) is 17.9. The van der Waals surface area contributed by atoms with Crippen molar-refractivity contribution in [2.45, 2.75) is 66.1 Å². The lowest BCUT2D eigenvalue weighted by molar-refractivity contribution is 0.381. The number of fused-ring (bicyclic) bond motifs is 1. The zero-order valence-corrected chi connectivity index (χ0v) is 28.9. The fourth-order valence-corrected chi connectivity index (χ4v) is 9.64. The Bertz CT molecular complexity index is 1290. The molecule has 1 aliphatic heterocycles. The minimum Gasteiger partial charge on any atom is -0.124 e. The summed E-state index contributed by atoms with van der Waals surface area (Å²) in [6, 6.07) is 0. The molecule has 0 N–H and O–H groups in total. The normalized spacial score (nSPS) is 31.6. The molecule has 218 valence electrons. The van der Waals surface area contributed by atoms with Crippen molar-refractivity contribution in [3.63, 3.8) is 0 Å². The Morgan fingerprint density at radius 3 is 2.51 bits per heavy atom. The van der Waals surface area contributed by atoms with Gasteiger partial charge in [0.15, 0.2) is 0 Å². The molecule has 4 aliphatic rings. The van der Waals surface area contributed by atoms with Crippen molar-refractivity contribution in [2.24, 2.45) is 35.5 Å². The summed E-state index contributed by atoms with van der Waals surface area (Å²) in [5.74, 6) is 2.86. The van der Waals surface area contributed by atoms with Gasteiger partial charge in [-0.2, -0.15) is 0 Å². The smallest absolute Gasteiger partial charge is 0.0310 e. The van der Waals surface area contributed by atoms with Crippen LogP contribution in [0, 0.1) is 35.5 Å². The molecule has 6 unspecified atom stereocenters. The van der Waals surface area contributed by atoms with Crippen LogP contribution in [0.15, 0.2) is 130 Å². The number of rotatable bonds is 9. The third kappa shape index (κ3) is 7.07. The molecule has 1 heterocycles. The summed E-state index contributed by atoms with van der Waals surface area (Å²) in [7, 11) is 0. The predicted octanol–water partition coefficient (Wildman–Crippen LogP) is 11.9. The van der Waals surface area contributed by atoms with Gasteiger partial charge < -0.3 is 0 Å². The molecule has 0 spiro atoms. The molecule has 0 aromatic rings. The summed E-state index contributed by atoms with van der Waals surface area (Å²) in [5.41, 5.74) is 8.78. The predicted molar refractivity (Wildman–Crippen MR) is 193 cm³/mol.